The van der Waals surface area contributed by atoms with E-state index in [1.165, 1.54) is 0 Å². The molecule has 2 aromatic rings. The Morgan fingerprint density at radius 2 is 1.95 bits per heavy atom. The van der Waals surface area contributed by atoms with E-state index >= 15 is 0 Å². The number of hydrogen-bond acceptors (Lipinski definition) is 4. The fourth-order valence-electron chi connectivity index (χ4n) is 2.88. The van der Waals surface area contributed by atoms with E-state index in [1.807, 2.05) is 0 Å². The van der Waals surface area contributed by atoms with Crippen LogP contribution >= 0.6 is 0 Å². The smallest absolute Gasteiger partial charge is 0.241 e. The molecule has 1 aliphatic rings. The Morgan fingerprint density at radius 3 is 2.76 bits per heavy atom. The monoisotopic (exact) mass is 305 g/mol. The molecule has 0 unspecified atom stereocenters. The van der Waals surface area contributed by atoms with Gasteiger partial charge in [-0.15, -0.1) is 0 Å². The molecule has 0 aliphatic heterocycles. The Labute approximate surface area is 124 Å². The second-order valence-electron chi connectivity index (χ2n) is 5.50. The standard InChI is InChI=1S/C15H19N3O2S/c16-12-6-1-2-7-14(12)18-21(19,20)15-9-3-8-13-11(15)5-4-10-17-13/h3-5,8-10,12,14,18H,1-2,6-7,16H2/t12-,14-/m1/s1. The van der Waals surface area contributed by atoms with Crippen molar-refractivity contribution in [2.75, 3.05) is 0 Å². The van der Waals surface area contributed by atoms with E-state index in [-0.39, 0.29) is 17.0 Å². The van der Waals surface area contributed by atoms with Gasteiger partial charge in [0, 0.05) is 23.7 Å². The molecular weight excluding hydrogens is 286 g/mol. The summed E-state index contributed by atoms with van der Waals surface area (Å²) >= 11 is 0. The van der Waals surface area contributed by atoms with Gasteiger partial charge in [-0.2, -0.15) is 0 Å². The molecule has 1 saturated carbocycles. The predicted molar refractivity (Wildman–Crippen MR) is 82.3 cm³/mol. The number of hydrogen-bond donors (Lipinski definition) is 2. The fourth-order valence-corrected chi connectivity index (χ4v) is 4.42. The van der Waals surface area contributed by atoms with Crippen molar-refractivity contribution in [2.24, 2.45) is 5.73 Å². The molecule has 1 aromatic carbocycles. The Kier molecular flexibility index (Phi) is 3.93. The van der Waals surface area contributed by atoms with Crippen molar-refractivity contribution >= 4 is 20.9 Å². The van der Waals surface area contributed by atoms with Crippen LogP contribution in [0.25, 0.3) is 10.9 Å². The molecule has 1 fully saturated rings. The minimum absolute atomic E-state index is 0.110. The van der Waals surface area contributed by atoms with Crippen LogP contribution in [0.2, 0.25) is 0 Å². The highest BCUT2D eigenvalue weighted by molar-refractivity contribution is 7.89. The van der Waals surface area contributed by atoms with Crippen molar-refractivity contribution in [2.45, 2.75) is 42.7 Å². The van der Waals surface area contributed by atoms with Crippen LogP contribution in [0.1, 0.15) is 25.7 Å². The predicted octanol–water partition coefficient (Wildman–Crippen LogP) is 1.78. The lowest BCUT2D eigenvalue weighted by Crippen LogP contribution is -2.49. The molecule has 0 saturated heterocycles. The highest BCUT2D eigenvalue weighted by atomic mass is 32.2. The minimum atomic E-state index is -3.59. The lowest BCUT2D eigenvalue weighted by atomic mass is 9.92. The van der Waals surface area contributed by atoms with Crippen molar-refractivity contribution in [1.29, 1.82) is 0 Å². The second-order valence-corrected chi connectivity index (χ2v) is 7.18. The molecule has 0 spiro atoms. The summed E-state index contributed by atoms with van der Waals surface area (Å²) in [5.74, 6) is 0. The largest absolute Gasteiger partial charge is 0.326 e. The first kappa shape index (κ1) is 14.4. The van der Waals surface area contributed by atoms with Gasteiger partial charge in [-0.1, -0.05) is 18.9 Å². The SMILES string of the molecule is N[C@@H]1CCCC[C@H]1NS(=O)(=O)c1cccc2ncccc12. The van der Waals surface area contributed by atoms with Gasteiger partial charge in [-0.3, -0.25) is 4.98 Å². The van der Waals surface area contributed by atoms with E-state index in [2.05, 4.69) is 9.71 Å². The zero-order valence-corrected chi connectivity index (χ0v) is 12.5. The van der Waals surface area contributed by atoms with Crippen LogP contribution in [-0.4, -0.2) is 25.5 Å². The summed E-state index contributed by atoms with van der Waals surface area (Å²) in [6.45, 7) is 0. The lowest BCUT2D eigenvalue weighted by molar-refractivity contribution is 0.361. The quantitative estimate of drug-likeness (QED) is 0.905. The third-order valence-corrected chi connectivity index (χ3v) is 5.57. The van der Waals surface area contributed by atoms with E-state index in [0.29, 0.717) is 10.9 Å². The van der Waals surface area contributed by atoms with Crippen LogP contribution in [-0.2, 0) is 10.0 Å². The van der Waals surface area contributed by atoms with Gasteiger partial charge >= 0.3 is 0 Å². The summed E-state index contributed by atoms with van der Waals surface area (Å²) in [6, 6.07) is 8.36. The third kappa shape index (κ3) is 2.92. The van der Waals surface area contributed by atoms with E-state index in [1.54, 1.807) is 36.5 Å². The van der Waals surface area contributed by atoms with Crippen LogP contribution in [0, 0.1) is 0 Å². The molecular formula is C15H19N3O2S. The van der Waals surface area contributed by atoms with Gasteiger partial charge in [0.25, 0.3) is 0 Å². The number of nitrogens with two attached hydrogens (primary N) is 1. The average Bonchev–Trinajstić information content (AvgIpc) is 2.49. The molecule has 0 amide bonds. The number of sulfonamides is 1. The summed E-state index contributed by atoms with van der Waals surface area (Å²) in [5, 5.41) is 0.636. The summed E-state index contributed by atoms with van der Waals surface area (Å²) < 4.78 is 28.1. The first-order valence-electron chi connectivity index (χ1n) is 7.19. The number of benzene rings is 1. The van der Waals surface area contributed by atoms with Gasteiger partial charge in [0.15, 0.2) is 0 Å². The Morgan fingerprint density at radius 1 is 1.14 bits per heavy atom. The summed E-state index contributed by atoms with van der Waals surface area (Å²) in [5.41, 5.74) is 6.71. The molecule has 2 atom stereocenters. The molecule has 0 radical (unpaired) electrons. The maximum absolute atomic E-state index is 12.7. The third-order valence-electron chi connectivity index (χ3n) is 4.02. The Bertz CT molecular complexity index is 740. The maximum Gasteiger partial charge on any atom is 0.241 e. The van der Waals surface area contributed by atoms with Crippen LogP contribution in [0.5, 0.6) is 0 Å². The number of pyridine rings is 1. The molecule has 1 aliphatic carbocycles. The van der Waals surface area contributed by atoms with Gasteiger partial charge in [0.2, 0.25) is 10.0 Å². The molecule has 21 heavy (non-hydrogen) atoms. The van der Waals surface area contributed by atoms with Crippen LogP contribution in [0.3, 0.4) is 0 Å². The van der Waals surface area contributed by atoms with Crippen molar-refractivity contribution in [3.8, 4) is 0 Å². The zero-order valence-electron chi connectivity index (χ0n) is 11.7. The van der Waals surface area contributed by atoms with Crippen LogP contribution in [0.4, 0.5) is 0 Å². The van der Waals surface area contributed by atoms with Gasteiger partial charge < -0.3 is 5.73 Å². The van der Waals surface area contributed by atoms with E-state index in [0.717, 1.165) is 25.7 Å². The minimum Gasteiger partial charge on any atom is -0.326 e. The van der Waals surface area contributed by atoms with E-state index in [9.17, 15) is 8.42 Å². The molecule has 3 N–H and O–H groups in total. The average molecular weight is 305 g/mol. The van der Waals surface area contributed by atoms with E-state index in [4.69, 9.17) is 5.73 Å². The lowest BCUT2D eigenvalue weighted by Gasteiger charge is -2.29. The van der Waals surface area contributed by atoms with Crippen LogP contribution < -0.4 is 10.5 Å². The van der Waals surface area contributed by atoms with Crippen molar-refractivity contribution in [1.82, 2.24) is 9.71 Å². The number of fused-ring (bicyclic) bond motifs is 1. The molecule has 6 heteroatoms. The van der Waals surface area contributed by atoms with Gasteiger partial charge in [-0.25, -0.2) is 13.1 Å². The topological polar surface area (TPSA) is 85.1 Å². The molecule has 1 aromatic heterocycles. The Hall–Kier alpha value is -1.50. The first-order chi connectivity index (χ1) is 10.1. The maximum atomic E-state index is 12.7. The van der Waals surface area contributed by atoms with Crippen molar-refractivity contribution in [3.63, 3.8) is 0 Å². The fraction of sp³-hybridized carbons (Fsp3) is 0.400. The number of nitrogens with zero attached hydrogens (tertiary/aromatic N) is 1. The Balaban J connectivity index is 1.97. The summed E-state index contributed by atoms with van der Waals surface area (Å²) in [6.07, 6.45) is 5.40. The van der Waals surface area contributed by atoms with Crippen LogP contribution in [0.15, 0.2) is 41.4 Å². The van der Waals surface area contributed by atoms with E-state index < -0.39 is 10.0 Å². The van der Waals surface area contributed by atoms with Gasteiger partial charge in [0.1, 0.15) is 0 Å². The summed E-state index contributed by atoms with van der Waals surface area (Å²) in [7, 11) is -3.59. The normalized spacial score (nSPS) is 23.3. The molecule has 5 nitrogen and oxygen atoms in total. The number of aromatic nitrogens is 1. The highest BCUT2D eigenvalue weighted by Crippen LogP contribution is 2.23. The molecule has 112 valence electrons. The molecule has 1 heterocycles. The zero-order chi connectivity index (χ0) is 14.9. The summed E-state index contributed by atoms with van der Waals surface area (Å²) in [4.78, 5) is 4.47. The highest BCUT2D eigenvalue weighted by Gasteiger charge is 2.28. The number of rotatable bonds is 3. The van der Waals surface area contributed by atoms with Gasteiger partial charge in [0.05, 0.1) is 10.4 Å². The first-order valence-corrected chi connectivity index (χ1v) is 8.68. The molecule has 3 rings (SSSR count). The number of nitrogens with one attached hydrogen (secondary N) is 1. The molecule has 0 bridgehead atoms. The van der Waals surface area contributed by atoms with Crippen molar-refractivity contribution in [3.05, 3.63) is 36.5 Å². The van der Waals surface area contributed by atoms with Gasteiger partial charge in [-0.05, 0) is 37.1 Å². The van der Waals surface area contributed by atoms with Crippen molar-refractivity contribution < 1.29 is 8.42 Å². The second kappa shape index (κ2) is 5.71.